The number of rotatable bonds is 10. The molecule has 1 aliphatic heterocycles. The zero-order valence-electron chi connectivity index (χ0n) is 26.4. The highest BCUT2D eigenvalue weighted by molar-refractivity contribution is 6.99. The van der Waals surface area contributed by atoms with Crippen molar-refractivity contribution in [1.82, 2.24) is 0 Å². The van der Waals surface area contributed by atoms with Crippen LogP contribution in [0.15, 0.2) is 72.8 Å². The number of hydrogen-bond acceptors (Lipinski definition) is 5. The first-order valence-corrected chi connectivity index (χ1v) is 19.2. The van der Waals surface area contributed by atoms with Crippen molar-refractivity contribution in [3.8, 4) is 0 Å². The van der Waals surface area contributed by atoms with Crippen molar-refractivity contribution in [3.05, 3.63) is 72.8 Å². The predicted molar refractivity (Wildman–Crippen MR) is 169 cm³/mol. The zero-order valence-corrected chi connectivity index (χ0v) is 28.4. The van der Waals surface area contributed by atoms with E-state index >= 15 is 0 Å². The molecule has 1 heterocycles. The van der Waals surface area contributed by atoms with E-state index in [2.05, 4.69) is 78.9 Å². The Bertz CT molecular complexity index is 1110. The molecule has 0 aromatic heterocycles. The third-order valence-corrected chi connectivity index (χ3v) is 17.9. The van der Waals surface area contributed by atoms with Crippen LogP contribution in [0.2, 0.25) is 23.2 Å². The fourth-order valence-corrected chi connectivity index (χ4v) is 10.7. The highest BCUT2D eigenvalue weighted by Gasteiger charge is 2.51. The monoisotopic (exact) mass is 582 g/mol. The van der Waals surface area contributed by atoms with Crippen molar-refractivity contribution in [3.63, 3.8) is 0 Å². The molecule has 3 atom stereocenters. The Balaban J connectivity index is 1.85. The second kappa shape index (κ2) is 12.2. The van der Waals surface area contributed by atoms with E-state index in [0.29, 0.717) is 6.61 Å². The van der Waals surface area contributed by atoms with Crippen LogP contribution in [0.1, 0.15) is 62.3 Å². The minimum atomic E-state index is -2.85. The lowest BCUT2D eigenvalue weighted by atomic mass is 10.1. The molecule has 0 spiro atoms. The lowest BCUT2D eigenvalue weighted by molar-refractivity contribution is -0.145. The fourth-order valence-electron chi connectivity index (χ4n) is 5.00. The molecule has 0 saturated carbocycles. The quantitative estimate of drug-likeness (QED) is 0.233. The van der Waals surface area contributed by atoms with E-state index in [1.165, 1.54) is 0 Å². The van der Waals surface area contributed by atoms with Crippen molar-refractivity contribution in [2.45, 2.75) is 110 Å². The largest absolute Gasteiger partial charge is 0.414 e. The zero-order chi connectivity index (χ0) is 30.0. The number of carbonyl (C=O) groups is 1. The molecule has 2 aromatic rings. The Morgan fingerprint density at radius 3 is 1.85 bits per heavy atom. The maximum absolute atomic E-state index is 13.6. The van der Waals surface area contributed by atoms with Crippen LogP contribution in [0, 0.1) is 0 Å². The Kier molecular flexibility index (Phi) is 9.92. The van der Waals surface area contributed by atoms with Crippen LogP contribution < -0.4 is 10.4 Å². The number of hydrogen-bond donors (Lipinski definition) is 0. The average molecular weight is 583 g/mol. The summed E-state index contributed by atoms with van der Waals surface area (Å²) in [5.74, 6) is -0.846. The van der Waals surface area contributed by atoms with E-state index in [0.717, 1.165) is 10.4 Å². The summed E-state index contributed by atoms with van der Waals surface area (Å²) in [6.07, 6.45) is 2.11. The molecule has 0 amide bonds. The first-order valence-electron chi connectivity index (χ1n) is 14.4. The van der Waals surface area contributed by atoms with Crippen LogP contribution in [-0.2, 0) is 23.1 Å². The highest BCUT2D eigenvalue weighted by atomic mass is 28.4. The van der Waals surface area contributed by atoms with Crippen molar-refractivity contribution in [2.75, 3.05) is 6.61 Å². The van der Waals surface area contributed by atoms with Gasteiger partial charge in [0.25, 0.3) is 8.32 Å². The molecule has 3 rings (SSSR count). The summed E-state index contributed by atoms with van der Waals surface area (Å²) in [5, 5.41) is 2.17. The Hall–Kier alpha value is -1.88. The second-order valence-electron chi connectivity index (χ2n) is 13.9. The van der Waals surface area contributed by atoms with Gasteiger partial charge in [0.2, 0.25) is 0 Å². The van der Waals surface area contributed by atoms with Gasteiger partial charge in [-0.2, -0.15) is 0 Å². The number of benzene rings is 2. The topological polar surface area (TPSA) is 54.0 Å². The van der Waals surface area contributed by atoms with Gasteiger partial charge >= 0.3 is 0 Å². The van der Waals surface area contributed by atoms with Gasteiger partial charge in [0.1, 0.15) is 18.3 Å². The first-order chi connectivity index (χ1) is 18.4. The van der Waals surface area contributed by atoms with E-state index in [9.17, 15) is 4.79 Å². The van der Waals surface area contributed by atoms with Crippen LogP contribution in [0.4, 0.5) is 0 Å². The van der Waals surface area contributed by atoms with Crippen LogP contribution in [0.5, 0.6) is 0 Å². The van der Waals surface area contributed by atoms with E-state index < -0.39 is 28.5 Å². The van der Waals surface area contributed by atoms with Gasteiger partial charge in [-0.25, -0.2) is 0 Å². The lowest BCUT2D eigenvalue weighted by Gasteiger charge is -2.44. The van der Waals surface area contributed by atoms with E-state index in [1.54, 1.807) is 6.08 Å². The lowest BCUT2D eigenvalue weighted by Crippen LogP contribution is -2.68. The summed E-state index contributed by atoms with van der Waals surface area (Å²) < 4.78 is 25.8. The SMILES string of the molecule is C[C@H](O[Si](c1ccccc1)(c1ccccc1)C(C)(C)C)C(=O)/C=C/[C@@H]1OC(C)(C)O[C@H]1CO[Si](C)(C)C(C)(C)C. The Labute approximate surface area is 244 Å². The van der Waals surface area contributed by atoms with Gasteiger partial charge in [0, 0.05) is 0 Å². The Morgan fingerprint density at radius 2 is 1.40 bits per heavy atom. The minimum absolute atomic E-state index is 0.0923. The summed E-state index contributed by atoms with van der Waals surface area (Å²) in [5.41, 5.74) is 0. The standard InChI is InChI=1S/C33H50O5Si2/c1-25(38-40(32(5,6)7,26-18-14-12-15-19-26)27-20-16-13-17-21-27)28(34)22-23-29-30(37-33(8,9)36-29)24-35-39(10,11)31(2,3)4/h12-23,25,29-30H,24H2,1-11H3/b23-22+/t25-,29-,30-/m0/s1. The van der Waals surface area contributed by atoms with Crippen molar-refractivity contribution >= 4 is 32.8 Å². The minimum Gasteiger partial charge on any atom is -0.414 e. The number of ketones is 1. The Morgan fingerprint density at radius 1 is 0.900 bits per heavy atom. The molecule has 2 aromatic carbocycles. The molecule has 7 heteroatoms. The third kappa shape index (κ3) is 7.30. The van der Waals surface area contributed by atoms with Gasteiger partial charge in [-0.3, -0.25) is 4.79 Å². The summed E-state index contributed by atoms with van der Waals surface area (Å²) in [7, 11) is -4.81. The number of carbonyl (C=O) groups excluding carboxylic acids is 1. The average Bonchev–Trinajstić information content (AvgIpc) is 3.17. The molecule has 1 saturated heterocycles. The van der Waals surface area contributed by atoms with Crippen LogP contribution in [0.25, 0.3) is 0 Å². The highest BCUT2D eigenvalue weighted by Crippen LogP contribution is 2.39. The third-order valence-electron chi connectivity index (χ3n) is 8.26. The molecule has 0 bridgehead atoms. The van der Waals surface area contributed by atoms with Gasteiger partial charge in [0.15, 0.2) is 19.9 Å². The first kappa shape index (κ1) is 32.6. The van der Waals surface area contributed by atoms with Gasteiger partial charge < -0.3 is 18.3 Å². The van der Waals surface area contributed by atoms with E-state index in [1.807, 2.05) is 63.2 Å². The van der Waals surface area contributed by atoms with Crippen molar-refractivity contribution in [2.24, 2.45) is 0 Å². The molecule has 0 unspecified atom stereocenters. The summed E-state index contributed by atoms with van der Waals surface area (Å²) in [6.45, 7) is 23.8. The predicted octanol–water partition coefficient (Wildman–Crippen LogP) is 6.62. The summed E-state index contributed by atoms with van der Waals surface area (Å²) in [4.78, 5) is 13.6. The number of ether oxygens (including phenoxy) is 2. The normalized spacial score (nSPS) is 21.1. The van der Waals surface area contributed by atoms with Gasteiger partial charge in [-0.05, 0) is 66.5 Å². The molecule has 5 nitrogen and oxygen atoms in total. The van der Waals surface area contributed by atoms with Gasteiger partial charge in [-0.1, -0.05) is 102 Å². The van der Waals surface area contributed by atoms with Crippen molar-refractivity contribution in [1.29, 1.82) is 0 Å². The molecule has 220 valence electrons. The fraction of sp³-hybridized carbons (Fsp3) is 0.545. The maximum Gasteiger partial charge on any atom is 0.262 e. The molecule has 0 N–H and O–H groups in total. The van der Waals surface area contributed by atoms with Gasteiger partial charge in [-0.15, -0.1) is 0 Å². The van der Waals surface area contributed by atoms with Crippen LogP contribution >= 0.6 is 0 Å². The van der Waals surface area contributed by atoms with Crippen molar-refractivity contribution < 1.29 is 23.1 Å². The molecular weight excluding hydrogens is 533 g/mol. The van der Waals surface area contributed by atoms with E-state index in [4.69, 9.17) is 18.3 Å². The molecule has 1 fully saturated rings. The van der Waals surface area contributed by atoms with E-state index in [-0.39, 0.29) is 28.1 Å². The van der Waals surface area contributed by atoms with Gasteiger partial charge in [0.05, 0.1) is 6.61 Å². The summed E-state index contributed by atoms with van der Waals surface area (Å²) in [6, 6.07) is 20.8. The molecule has 0 aliphatic carbocycles. The van der Waals surface area contributed by atoms with Crippen LogP contribution in [-0.4, -0.2) is 53.1 Å². The maximum atomic E-state index is 13.6. The molecular formula is C33H50O5Si2. The second-order valence-corrected chi connectivity index (χ2v) is 23.0. The molecule has 1 aliphatic rings. The molecule has 0 radical (unpaired) electrons. The summed E-state index contributed by atoms with van der Waals surface area (Å²) >= 11 is 0. The molecule has 40 heavy (non-hydrogen) atoms. The smallest absolute Gasteiger partial charge is 0.262 e. The van der Waals surface area contributed by atoms with Crippen LogP contribution in [0.3, 0.4) is 0 Å².